The minimum atomic E-state index is -0.978. The molecular formula is C12H10N2O2. The first kappa shape index (κ1) is 10.2. The van der Waals surface area contributed by atoms with Crippen molar-refractivity contribution in [1.29, 1.82) is 0 Å². The largest absolute Gasteiger partial charge is 0.478 e. The Bertz CT molecular complexity index is 515. The molecule has 0 saturated heterocycles. The second-order valence-corrected chi connectivity index (χ2v) is 3.21. The number of carbonyl (C=O) groups is 1. The maximum absolute atomic E-state index is 10.3. The van der Waals surface area contributed by atoms with E-state index in [1.165, 1.54) is 6.08 Å². The van der Waals surface area contributed by atoms with E-state index in [2.05, 4.69) is 4.98 Å². The van der Waals surface area contributed by atoms with Gasteiger partial charge >= 0.3 is 5.97 Å². The molecule has 80 valence electrons. The van der Waals surface area contributed by atoms with E-state index in [-0.39, 0.29) is 0 Å². The highest BCUT2D eigenvalue weighted by atomic mass is 16.4. The number of aromatic nitrogens is 2. The van der Waals surface area contributed by atoms with Crippen LogP contribution in [0.4, 0.5) is 0 Å². The smallest absolute Gasteiger partial charge is 0.328 e. The van der Waals surface area contributed by atoms with Gasteiger partial charge in [-0.2, -0.15) is 0 Å². The second kappa shape index (κ2) is 4.44. The van der Waals surface area contributed by atoms with E-state index in [0.29, 0.717) is 5.69 Å². The Labute approximate surface area is 92.5 Å². The summed E-state index contributed by atoms with van der Waals surface area (Å²) in [5.41, 5.74) is 1.61. The second-order valence-electron chi connectivity index (χ2n) is 3.21. The summed E-state index contributed by atoms with van der Waals surface area (Å²) < 4.78 is 1.83. The third-order valence-electron chi connectivity index (χ3n) is 2.05. The SMILES string of the molecule is O=C(O)C=Cc1cn(-c2ccccc2)cn1. The lowest BCUT2D eigenvalue weighted by Crippen LogP contribution is -1.88. The molecule has 2 aromatic rings. The van der Waals surface area contributed by atoms with Crippen LogP contribution in [-0.4, -0.2) is 20.6 Å². The molecule has 4 nitrogen and oxygen atoms in total. The molecule has 0 spiro atoms. The van der Waals surface area contributed by atoms with Gasteiger partial charge in [-0.3, -0.25) is 0 Å². The molecule has 0 aliphatic rings. The maximum Gasteiger partial charge on any atom is 0.328 e. The molecule has 1 heterocycles. The third-order valence-corrected chi connectivity index (χ3v) is 2.05. The van der Waals surface area contributed by atoms with Crippen LogP contribution < -0.4 is 0 Å². The van der Waals surface area contributed by atoms with E-state index in [0.717, 1.165) is 11.8 Å². The van der Waals surface area contributed by atoms with E-state index in [9.17, 15) is 4.79 Å². The van der Waals surface area contributed by atoms with Crippen molar-refractivity contribution in [2.24, 2.45) is 0 Å². The molecule has 0 amide bonds. The number of carboxylic acid groups (broad SMARTS) is 1. The van der Waals surface area contributed by atoms with Gasteiger partial charge in [0.05, 0.1) is 12.0 Å². The predicted octanol–water partition coefficient (Wildman–Crippen LogP) is 1.97. The van der Waals surface area contributed by atoms with Crippen molar-refractivity contribution in [2.75, 3.05) is 0 Å². The minimum absolute atomic E-state index is 0.617. The van der Waals surface area contributed by atoms with Gasteiger partial charge in [-0.25, -0.2) is 9.78 Å². The average Bonchev–Trinajstić information content (AvgIpc) is 2.76. The normalized spacial score (nSPS) is 10.8. The number of hydrogen-bond acceptors (Lipinski definition) is 2. The molecule has 0 atom stereocenters. The molecule has 4 heteroatoms. The van der Waals surface area contributed by atoms with Crippen molar-refractivity contribution >= 4 is 12.0 Å². The number of para-hydroxylation sites is 1. The van der Waals surface area contributed by atoms with Gasteiger partial charge in [-0.05, 0) is 18.2 Å². The zero-order valence-corrected chi connectivity index (χ0v) is 8.45. The number of carboxylic acids is 1. The van der Waals surface area contributed by atoms with Gasteiger partial charge in [0.2, 0.25) is 0 Å². The summed E-state index contributed by atoms with van der Waals surface area (Å²) in [4.78, 5) is 14.4. The molecule has 1 aromatic carbocycles. The van der Waals surface area contributed by atoms with Gasteiger partial charge in [0.15, 0.2) is 0 Å². The molecule has 1 aromatic heterocycles. The fourth-order valence-electron chi connectivity index (χ4n) is 1.32. The minimum Gasteiger partial charge on any atom is -0.478 e. The highest BCUT2D eigenvalue weighted by Gasteiger charge is 1.97. The molecule has 0 fully saturated rings. The lowest BCUT2D eigenvalue weighted by atomic mass is 10.3. The van der Waals surface area contributed by atoms with E-state index in [1.54, 1.807) is 12.5 Å². The first-order valence-electron chi connectivity index (χ1n) is 4.76. The van der Waals surface area contributed by atoms with Crippen LogP contribution >= 0.6 is 0 Å². The molecule has 0 aliphatic carbocycles. The Morgan fingerprint density at radius 1 is 1.31 bits per heavy atom. The predicted molar refractivity (Wildman–Crippen MR) is 60.2 cm³/mol. The van der Waals surface area contributed by atoms with Crippen molar-refractivity contribution in [3.8, 4) is 5.69 Å². The quantitative estimate of drug-likeness (QED) is 0.795. The van der Waals surface area contributed by atoms with Gasteiger partial charge in [0.25, 0.3) is 0 Å². The highest BCUT2D eigenvalue weighted by Crippen LogP contribution is 2.08. The van der Waals surface area contributed by atoms with Crippen LogP contribution in [0.3, 0.4) is 0 Å². The molecule has 2 rings (SSSR count). The van der Waals surface area contributed by atoms with E-state index in [4.69, 9.17) is 5.11 Å². The van der Waals surface area contributed by atoms with Crippen molar-refractivity contribution in [2.45, 2.75) is 0 Å². The number of benzene rings is 1. The summed E-state index contributed by atoms with van der Waals surface area (Å²) in [6.07, 6.45) is 5.95. The highest BCUT2D eigenvalue weighted by molar-refractivity contribution is 5.84. The zero-order chi connectivity index (χ0) is 11.4. The van der Waals surface area contributed by atoms with Crippen molar-refractivity contribution < 1.29 is 9.90 Å². The van der Waals surface area contributed by atoms with Gasteiger partial charge in [-0.15, -0.1) is 0 Å². The van der Waals surface area contributed by atoms with Crippen LogP contribution in [0.15, 0.2) is 48.9 Å². The average molecular weight is 214 g/mol. The van der Waals surface area contributed by atoms with Gasteiger partial charge in [-0.1, -0.05) is 18.2 Å². The van der Waals surface area contributed by atoms with E-state index < -0.39 is 5.97 Å². The molecule has 0 unspecified atom stereocenters. The van der Waals surface area contributed by atoms with Crippen molar-refractivity contribution in [1.82, 2.24) is 9.55 Å². The standard InChI is InChI=1S/C12H10N2O2/c15-12(16)7-6-10-8-14(9-13-10)11-4-2-1-3-5-11/h1-9H,(H,15,16). The third kappa shape index (κ3) is 2.36. The summed E-state index contributed by atoms with van der Waals surface area (Å²) in [6, 6.07) is 9.70. The Balaban J connectivity index is 2.23. The van der Waals surface area contributed by atoms with Gasteiger partial charge in [0, 0.05) is 18.0 Å². The Kier molecular flexibility index (Phi) is 2.82. The lowest BCUT2D eigenvalue weighted by Gasteiger charge is -1.98. The van der Waals surface area contributed by atoms with E-state index >= 15 is 0 Å². The summed E-state index contributed by atoms with van der Waals surface area (Å²) in [7, 11) is 0. The molecule has 0 radical (unpaired) electrons. The van der Waals surface area contributed by atoms with Crippen LogP contribution in [-0.2, 0) is 4.79 Å². The Morgan fingerprint density at radius 2 is 2.06 bits per heavy atom. The van der Waals surface area contributed by atoms with Crippen molar-refractivity contribution in [3.63, 3.8) is 0 Å². The van der Waals surface area contributed by atoms with E-state index in [1.807, 2.05) is 34.9 Å². The van der Waals surface area contributed by atoms with Crippen LogP contribution in [0.25, 0.3) is 11.8 Å². The molecule has 1 N–H and O–H groups in total. The number of aliphatic carboxylic acids is 1. The number of imidazole rings is 1. The van der Waals surface area contributed by atoms with Crippen LogP contribution in [0.1, 0.15) is 5.69 Å². The number of hydrogen-bond donors (Lipinski definition) is 1. The summed E-state index contributed by atoms with van der Waals surface area (Å²) >= 11 is 0. The van der Waals surface area contributed by atoms with Crippen LogP contribution in [0, 0.1) is 0 Å². The number of nitrogens with zero attached hydrogens (tertiary/aromatic N) is 2. The molecule has 16 heavy (non-hydrogen) atoms. The zero-order valence-electron chi connectivity index (χ0n) is 8.45. The fraction of sp³-hybridized carbons (Fsp3) is 0. The monoisotopic (exact) mass is 214 g/mol. The Morgan fingerprint density at radius 3 is 2.75 bits per heavy atom. The van der Waals surface area contributed by atoms with Crippen molar-refractivity contribution in [3.05, 3.63) is 54.6 Å². The number of rotatable bonds is 3. The Hall–Kier alpha value is -2.36. The molecular weight excluding hydrogens is 204 g/mol. The molecule has 0 saturated carbocycles. The topological polar surface area (TPSA) is 55.1 Å². The summed E-state index contributed by atoms with van der Waals surface area (Å²) in [5, 5.41) is 8.48. The summed E-state index contributed by atoms with van der Waals surface area (Å²) in [6.45, 7) is 0. The van der Waals surface area contributed by atoms with Crippen LogP contribution in [0.5, 0.6) is 0 Å². The van der Waals surface area contributed by atoms with Gasteiger partial charge in [0.1, 0.15) is 0 Å². The molecule has 0 aliphatic heterocycles. The van der Waals surface area contributed by atoms with Gasteiger partial charge < -0.3 is 9.67 Å². The fourth-order valence-corrected chi connectivity index (χ4v) is 1.32. The lowest BCUT2D eigenvalue weighted by molar-refractivity contribution is -0.131. The van der Waals surface area contributed by atoms with Crippen LogP contribution in [0.2, 0.25) is 0 Å². The first-order valence-corrected chi connectivity index (χ1v) is 4.76. The maximum atomic E-state index is 10.3. The molecule has 0 bridgehead atoms. The first-order chi connectivity index (χ1) is 7.75. The summed E-state index contributed by atoms with van der Waals surface area (Å²) in [5.74, 6) is -0.978.